The molecule has 0 aliphatic heterocycles. The molecular formula is C13H12O2. The average molecular weight is 200 g/mol. The van der Waals surface area contributed by atoms with Crippen LogP contribution in [0.15, 0.2) is 30.3 Å². The summed E-state index contributed by atoms with van der Waals surface area (Å²) in [6.07, 6.45) is 8.35. The highest BCUT2D eigenvalue weighted by atomic mass is 16.5. The van der Waals surface area contributed by atoms with Crippen molar-refractivity contribution >= 4 is 12.0 Å². The average Bonchev–Trinajstić information content (AvgIpc) is 2.27. The van der Waals surface area contributed by atoms with Crippen LogP contribution in [0.2, 0.25) is 0 Å². The van der Waals surface area contributed by atoms with Gasteiger partial charge in [0.15, 0.2) is 0 Å². The molecule has 0 aliphatic carbocycles. The van der Waals surface area contributed by atoms with Gasteiger partial charge in [-0.3, -0.25) is 0 Å². The molecule has 76 valence electrons. The summed E-state index contributed by atoms with van der Waals surface area (Å²) in [4.78, 5) is 11.1. The van der Waals surface area contributed by atoms with Crippen LogP contribution in [0, 0.1) is 12.3 Å². The Balaban J connectivity index is 2.81. The van der Waals surface area contributed by atoms with Crippen molar-refractivity contribution < 1.29 is 9.53 Å². The molecule has 0 saturated heterocycles. The minimum Gasteiger partial charge on any atom is -0.463 e. The smallest absolute Gasteiger partial charge is 0.330 e. The number of hydrogen-bond acceptors (Lipinski definition) is 2. The maximum atomic E-state index is 11.1. The van der Waals surface area contributed by atoms with Crippen molar-refractivity contribution in [2.45, 2.75) is 6.92 Å². The normalized spacial score (nSPS) is 9.87. The summed E-state index contributed by atoms with van der Waals surface area (Å²) in [5, 5.41) is 0. The number of esters is 1. The molecule has 0 bridgehead atoms. The van der Waals surface area contributed by atoms with Gasteiger partial charge in [0.1, 0.15) is 0 Å². The maximum Gasteiger partial charge on any atom is 0.330 e. The SMILES string of the molecule is C#Cc1ccccc1C=CC(=O)OCC. The number of terminal acetylenes is 1. The van der Waals surface area contributed by atoms with E-state index in [0.717, 1.165) is 11.1 Å². The van der Waals surface area contributed by atoms with Gasteiger partial charge in [-0.1, -0.05) is 24.1 Å². The van der Waals surface area contributed by atoms with Crippen molar-refractivity contribution in [2.24, 2.45) is 0 Å². The van der Waals surface area contributed by atoms with E-state index in [0.29, 0.717) is 6.61 Å². The van der Waals surface area contributed by atoms with Crippen LogP contribution in [-0.2, 0) is 9.53 Å². The molecule has 15 heavy (non-hydrogen) atoms. The fourth-order valence-electron chi connectivity index (χ4n) is 1.12. The van der Waals surface area contributed by atoms with Crippen LogP contribution in [0.1, 0.15) is 18.1 Å². The van der Waals surface area contributed by atoms with E-state index in [1.165, 1.54) is 6.08 Å². The predicted octanol–water partition coefficient (Wildman–Crippen LogP) is 2.24. The van der Waals surface area contributed by atoms with Gasteiger partial charge in [-0.25, -0.2) is 4.79 Å². The van der Waals surface area contributed by atoms with Crippen LogP contribution in [0.5, 0.6) is 0 Å². The van der Waals surface area contributed by atoms with Gasteiger partial charge in [-0.15, -0.1) is 6.42 Å². The highest BCUT2D eigenvalue weighted by molar-refractivity contribution is 5.87. The van der Waals surface area contributed by atoms with Crippen LogP contribution < -0.4 is 0 Å². The summed E-state index contributed by atoms with van der Waals surface area (Å²) in [5.74, 6) is 2.19. The molecule has 0 atom stereocenters. The van der Waals surface area contributed by atoms with Gasteiger partial charge in [0.2, 0.25) is 0 Å². The van der Waals surface area contributed by atoms with Crippen molar-refractivity contribution in [1.82, 2.24) is 0 Å². The van der Waals surface area contributed by atoms with E-state index < -0.39 is 0 Å². The molecule has 0 unspecified atom stereocenters. The third kappa shape index (κ3) is 3.32. The van der Waals surface area contributed by atoms with Gasteiger partial charge >= 0.3 is 5.97 Å². The second kappa shape index (κ2) is 5.66. The molecule has 0 N–H and O–H groups in total. The first kappa shape index (κ1) is 11.1. The lowest BCUT2D eigenvalue weighted by atomic mass is 10.1. The van der Waals surface area contributed by atoms with Crippen molar-refractivity contribution in [2.75, 3.05) is 6.61 Å². The van der Waals surface area contributed by atoms with Gasteiger partial charge in [-0.2, -0.15) is 0 Å². The molecule has 0 aliphatic rings. The number of ether oxygens (including phenoxy) is 1. The molecule has 0 fully saturated rings. The standard InChI is InChI=1S/C13H12O2/c1-3-11-7-5-6-8-12(11)9-10-13(14)15-4-2/h1,5-10H,4H2,2H3. The Morgan fingerprint density at radius 2 is 2.27 bits per heavy atom. The monoisotopic (exact) mass is 200 g/mol. The minimum atomic E-state index is -0.357. The molecule has 1 rings (SSSR count). The van der Waals surface area contributed by atoms with Gasteiger partial charge in [-0.05, 0) is 24.6 Å². The van der Waals surface area contributed by atoms with Crippen molar-refractivity contribution in [3.05, 3.63) is 41.5 Å². The number of rotatable bonds is 3. The molecule has 1 aromatic rings. The van der Waals surface area contributed by atoms with Gasteiger partial charge in [0.25, 0.3) is 0 Å². The lowest BCUT2D eigenvalue weighted by Gasteiger charge is -1.98. The molecule has 2 nitrogen and oxygen atoms in total. The summed E-state index contributed by atoms with van der Waals surface area (Å²) in [6, 6.07) is 7.40. The van der Waals surface area contributed by atoms with E-state index in [1.807, 2.05) is 24.3 Å². The molecular weight excluding hydrogens is 188 g/mol. The summed E-state index contributed by atoms with van der Waals surface area (Å²) < 4.78 is 4.76. The molecule has 0 radical (unpaired) electrons. The zero-order valence-corrected chi connectivity index (χ0v) is 8.57. The van der Waals surface area contributed by atoms with E-state index in [9.17, 15) is 4.79 Å². The van der Waals surface area contributed by atoms with E-state index in [1.54, 1.807) is 13.0 Å². The van der Waals surface area contributed by atoms with Crippen LogP contribution in [0.4, 0.5) is 0 Å². The van der Waals surface area contributed by atoms with E-state index >= 15 is 0 Å². The zero-order chi connectivity index (χ0) is 11.1. The first-order chi connectivity index (χ1) is 7.27. The molecule has 0 spiro atoms. The highest BCUT2D eigenvalue weighted by Gasteiger charge is 1.96. The van der Waals surface area contributed by atoms with E-state index in [2.05, 4.69) is 5.92 Å². The Hall–Kier alpha value is -2.01. The van der Waals surface area contributed by atoms with Gasteiger partial charge in [0, 0.05) is 11.6 Å². The zero-order valence-electron chi connectivity index (χ0n) is 8.57. The molecule has 0 heterocycles. The fraction of sp³-hybridized carbons (Fsp3) is 0.154. The third-order valence-electron chi connectivity index (χ3n) is 1.80. The predicted molar refractivity (Wildman–Crippen MR) is 60.0 cm³/mol. The summed E-state index contributed by atoms with van der Waals surface area (Å²) in [6.45, 7) is 2.14. The summed E-state index contributed by atoms with van der Waals surface area (Å²) in [7, 11) is 0. The lowest BCUT2D eigenvalue weighted by Crippen LogP contribution is -1.98. The highest BCUT2D eigenvalue weighted by Crippen LogP contribution is 2.09. The Labute approximate surface area is 89.6 Å². The Morgan fingerprint density at radius 3 is 2.93 bits per heavy atom. The lowest BCUT2D eigenvalue weighted by molar-refractivity contribution is -0.137. The summed E-state index contributed by atoms with van der Waals surface area (Å²) in [5.41, 5.74) is 1.60. The van der Waals surface area contributed by atoms with Crippen molar-refractivity contribution in [1.29, 1.82) is 0 Å². The first-order valence-electron chi connectivity index (χ1n) is 4.68. The van der Waals surface area contributed by atoms with Crippen LogP contribution >= 0.6 is 0 Å². The molecule has 0 saturated carbocycles. The largest absolute Gasteiger partial charge is 0.463 e. The fourth-order valence-corrected chi connectivity index (χ4v) is 1.12. The van der Waals surface area contributed by atoms with Crippen molar-refractivity contribution in [3.8, 4) is 12.3 Å². The minimum absolute atomic E-state index is 0.357. The number of carbonyl (C=O) groups excluding carboxylic acids is 1. The Morgan fingerprint density at radius 1 is 1.53 bits per heavy atom. The molecule has 0 amide bonds. The first-order valence-corrected chi connectivity index (χ1v) is 4.68. The summed E-state index contributed by atoms with van der Waals surface area (Å²) >= 11 is 0. The van der Waals surface area contributed by atoms with Crippen LogP contribution in [0.3, 0.4) is 0 Å². The number of benzene rings is 1. The van der Waals surface area contributed by atoms with E-state index in [4.69, 9.17) is 11.2 Å². The van der Waals surface area contributed by atoms with Crippen molar-refractivity contribution in [3.63, 3.8) is 0 Å². The third-order valence-corrected chi connectivity index (χ3v) is 1.80. The number of carbonyl (C=O) groups is 1. The van der Waals surface area contributed by atoms with Gasteiger partial charge in [0.05, 0.1) is 6.61 Å². The molecule has 1 aromatic carbocycles. The van der Waals surface area contributed by atoms with Gasteiger partial charge < -0.3 is 4.74 Å². The Kier molecular flexibility index (Phi) is 4.18. The second-order valence-corrected chi connectivity index (χ2v) is 2.82. The Bertz CT molecular complexity index is 411. The molecule has 2 heteroatoms. The van der Waals surface area contributed by atoms with Crippen LogP contribution in [0.25, 0.3) is 6.08 Å². The number of hydrogen-bond donors (Lipinski definition) is 0. The van der Waals surface area contributed by atoms with Crippen LogP contribution in [-0.4, -0.2) is 12.6 Å². The topological polar surface area (TPSA) is 26.3 Å². The maximum absolute atomic E-state index is 11.1. The second-order valence-electron chi connectivity index (χ2n) is 2.82. The molecule has 0 aromatic heterocycles. The quantitative estimate of drug-likeness (QED) is 0.425. The van der Waals surface area contributed by atoms with E-state index in [-0.39, 0.29) is 5.97 Å².